The maximum Gasteiger partial charge on any atom is 0.335 e. The smallest absolute Gasteiger partial charge is 0.335 e. The molecular weight excluding hydrogens is 262 g/mol. The molecule has 1 aromatic carbocycles. The van der Waals surface area contributed by atoms with Gasteiger partial charge in [0.15, 0.2) is 0 Å². The first-order chi connectivity index (χ1) is 10.2. The molecule has 0 radical (unpaired) electrons. The Morgan fingerprint density at radius 2 is 2.10 bits per heavy atom. The number of nitrogens with zero attached hydrogens (tertiary/aromatic N) is 1. The van der Waals surface area contributed by atoms with Crippen LogP contribution in [-0.4, -0.2) is 29.1 Å². The van der Waals surface area contributed by atoms with Crippen LogP contribution in [0.15, 0.2) is 36.9 Å². The van der Waals surface area contributed by atoms with E-state index in [1.807, 2.05) is 18.2 Å². The summed E-state index contributed by atoms with van der Waals surface area (Å²) in [6.07, 6.45) is 8.65. The van der Waals surface area contributed by atoms with E-state index in [9.17, 15) is 4.79 Å². The summed E-state index contributed by atoms with van der Waals surface area (Å²) in [7, 11) is 0. The van der Waals surface area contributed by atoms with Gasteiger partial charge in [-0.05, 0) is 36.5 Å². The van der Waals surface area contributed by atoms with Gasteiger partial charge in [0, 0.05) is 19.6 Å². The Morgan fingerprint density at radius 1 is 1.33 bits per heavy atom. The number of aromatic carboxylic acids is 1. The fourth-order valence-corrected chi connectivity index (χ4v) is 3.18. The van der Waals surface area contributed by atoms with Crippen molar-refractivity contribution in [2.45, 2.75) is 38.6 Å². The number of benzene rings is 1. The summed E-state index contributed by atoms with van der Waals surface area (Å²) in [6.45, 7) is 6.58. The maximum atomic E-state index is 11.1. The third-order valence-electron chi connectivity index (χ3n) is 4.21. The van der Waals surface area contributed by atoms with Gasteiger partial charge >= 0.3 is 5.97 Å². The third kappa shape index (κ3) is 5.01. The van der Waals surface area contributed by atoms with Crippen LogP contribution in [0.2, 0.25) is 0 Å². The standard InChI is InChI=1S/C18H25NO2/c1-2-11-19(13-15-7-4-3-5-8-15)14-16-9-6-10-17(12-16)18(20)21/h2,6,9-10,12,15H,1,3-5,7-8,11,13-14H2,(H,20,21). The molecule has 3 heteroatoms. The van der Waals surface area contributed by atoms with E-state index in [-0.39, 0.29) is 0 Å². The molecule has 114 valence electrons. The number of carboxylic acid groups (broad SMARTS) is 1. The normalized spacial score (nSPS) is 16.0. The van der Waals surface area contributed by atoms with Gasteiger partial charge < -0.3 is 5.11 Å². The van der Waals surface area contributed by atoms with E-state index in [0.29, 0.717) is 5.56 Å². The van der Waals surface area contributed by atoms with E-state index in [1.165, 1.54) is 32.1 Å². The predicted octanol–water partition coefficient (Wildman–Crippen LogP) is 3.95. The van der Waals surface area contributed by atoms with Crippen LogP contribution in [0.4, 0.5) is 0 Å². The molecule has 21 heavy (non-hydrogen) atoms. The number of carbonyl (C=O) groups is 1. The number of rotatable bonds is 7. The van der Waals surface area contributed by atoms with Crippen LogP contribution < -0.4 is 0 Å². The molecule has 1 aliphatic rings. The molecule has 0 spiro atoms. The molecule has 1 aromatic rings. The van der Waals surface area contributed by atoms with Crippen molar-refractivity contribution in [2.75, 3.05) is 13.1 Å². The first kappa shape index (κ1) is 15.8. The first-order valence-electron chi connectivity index (χ1n) is 7.84. The number of hydrogen-bond acceptors (Lipinski definition) is 2. The largest absolute Gasteiger partial charge is 0.478 e. The Hall–Kier alpha value is -1.61. The average Bonchev–Trinajstić information content (AvgIpc) is 2.49. The van der Waals surface area contributed by atoms with Crippen molar-refractivity contribution in [2.24, 2.45) is 5.92 Å². The minimum absolute atomic E-state index is 0.365. The van der Waals surface area contributed by atoms with Gasteiger partial charge in [0.2, 0.25) is 0 Å². The summed E-state index contributed by atoms with van der Waals surface area (Å²) in [6, 6.07) is 7.25. The Labute approximate surface area is 127 Å². The summed E-state index contributed by atoms with van der Waals surface area (Å²) in [4.78, 5) is 13.4. The fraction of sp³-hybridized carbons (Fsp3) is 0.500. The van der Waals surface area contributed by atoms with Crippen molar-refractivity contribution in [3.8, 4) is 0 Å². The van der Waals surface area contributed by atoms with Crippen molar-refractivity contribution in [3.05, 3.63) is 48.0 Å². The van der Waals surface area contributed by atoms with E-state index < -0.39 is 5.97 Å². The predicted molar refractivity (Wildman–Crippen MR) is 85.5 cm³/mol. The summed E-state index contributed by atoms with van der Waals surface area (Å²) >= 11 is 0. The van der Waals surface area contributed by atoms with E-state index in [1.54, 1.807) is 12.1 Å². The zero-order valence-electron chi connectivity index (χ0n) is 12.6. The fourth-order valence-electron chi connectivity index (χ4n) is 3.18. The highest BCUT2D eigenvalue weighted by Gasteiger charge is 2.17. The molecule has 1 aliphatic carbocycles. The SMILES string of the molecule is C=CCN(Cc1cccc(C(=O)O)c1)CC1CCCCC1. The van der Waals surface area contributed by atoms with Crippen molar-refractivity contribution in [3.63, 3.8) is 0 Å². The molecule has 0 bridgehead atoms. The van der Waals surface area contributed by atoms with Gasteiger partial charge in [0.05, 0.1) is 5.56 Å². The van der Waals surface area contributed by atoms with Crippen LogP contribution in [0, 0.1) is 5.92 Å². The van der Waals surface area contributed by atoms with Gasteiger partial charge in [0.25, 0.3) is 0 Å². The van der Waals surface area contributed by atoms with Gasteiger partial charge in [0.1, 0.15) is 0 Å². The number of hydrogen-bond donors (Lipinski definition) is 1. The quantitative estimate of drug-likeness (QED) is 0.772. The lowest BCUT2D eigenvalue weighted by Gasteiger charge is -2.29. The summed E-state index contributed by atoms with van der Waals surface area (Å²) in [5, 5.41) is 9.08. The lowest BCUT2D eigenvalue weighted by atomic mass is 9.89. The van der Waals surface area contributed by atoms with Crippen LogP contribution in [0.25, 0.3) is 0 Å². The molecule has 2 rings (SSSR count). The van der Waals surface area contributed by atoms with Gasteiger partial charge in [-0.15, -0.1) is 6.58 Å². The second kappa shape index (κ2) is 7.99. The topological polar surface area (TPSA) is 40.5 Å². The minimum Gasteiger partial charge on any atom is -0.478 e. The molecular formula is C18H25NO2. The summed E-state index contributed by atoms with van der Waals surface area (Å²) < 4.78 is 0. The molecule has 0 atom stereocenters. The van der Waals surface area contributed by atoms with Gasteiger partial charge in [-0.25, -0.2) is 4.79 Å². The van der Waals surface area contributed by atoms with Gasteiger partial charge in [-0.2, -0.15) is 0 Å². The molecule has 0 saturated heterocycles. The second-order valence-electron chi connectivity index (χ2n) is 5.99. The van der Waals surface area contributed by atoms with E-state index >= 15 is 0 Å². The number of carboxylic acids is 1. The highest BCUT2D eigenvalue weighted by atomic mass is 16.4. The Balaban J connectivity index is 1.99. The van der Waals surface area contributed by atoms with Gasteiger partial charge in [-0.1, -0.05) is 37.5 Å². The van der Waals surface area contributed by atoms with Crippen LogP contribution >= 0.6 is 0 Å². The highest BCUT2D eigenvalue weighted by Crippen LogP contribution is 2.25. The van der Waals surface area contributed by atoms with Crippen molar-refractivity contribution >= 4 is 5.97 Å². The molecule has 1 fully saturated rings. The second-order valence-corrected chi connectivity index (χ2v) is 5.99. The van der Waals surface area contributed by atoms with Crippen LogP contribution in [0.5, 0.6) is 0 Å². The highest BCUT2D eigenvalue weighted by molar-refractivity contribution is 5.87. The van der Waals surface area contributed by atoms with E-state index in [0.717, 1.165) is 31.1 Å². The zero-order valence-corrected chi connectivity index (χ0v) is 12.6. The van der Waals surface area contributed by atoms with Crippen LogP contribution in [0.3, 0.4) is 0 Å². The minimum atomic E-state index is -0.862. The Morgan fingerprint density at radius 3 is 2.76 bits per heavy atom. The molecule has 0 heterocycles. The maximum absolute atomic E-state index is 11.1. The van der Waals surface area contributed by atoms with Crippen LogP contribution in [-0.2, 0) is 6.54 Å². The molecule has 1 saturated carbocycles. The van der Waals surface area contributed by atoms with Crippen molar-refractivity contribution in [1.82, 2.24) is 4.90 Å². The van der Waals surface area contributed by atoms with Crippen molar-refractivity contribution in [1.29, 1.82) is 0 Å². The van der Waals surface area contributed by atoms with E-state index in [2.05, 4.69) is 11.5 Å². The van der Waals surface area contributed by atoms with Crippen molar-refractivity contribution < 1.29 is 9.90 Å². The lowest BCUT2D eigenvalue weighted by Crippen LogP contribution is -2.30. The Kier molecular flexibility index (Phi) is 6.00. The van der Waals surface area contributed by atoms with Crippen LogP contribution in [0.1, 0.15) is 48.0 Å². The molecule has 0 aliphatic heterocycles. The molecule has 3 nitrogen and oxygen atoms in total. The van der Waals surface area contributed by atoms with Gasteiger partial charge in [-0.3, -0.25) is 4.90 Å². The van der Waals surface area contributed by atoms with E-state index in [4.69, 9.17) is 5.11 Å². The monoisotopic (exact) mass is 287 g/mol. The summed E-state index contributed by atoms with van der Waals surface area (Å²) in [5.41, 5.74) is 1.43. The molecule has 0 amide bonds. The third-order valence-corrected chi connectivity index (χ3v) is 4.21. The zero-order chi connectivity index (χ0) is 15.1. The average molecular weight is 287 g/mol. The lowest BCUT2D eigenvalue weighted by molar-refractivity contribution is 0.0696. The molecule has 0 unspecified atom stereocenters. The molecule has 0 aromatic heterocycles. The Bertz CT molecular complexity index is 478. The summed E-state index contributed by atoms with van der Waals surface area (Å²) in [5.74, 6) is -0.0826. The first-order valence-corrected chi connectivity index (χ1v) is 7.84. The molecule has 1 N–H and O–H groups in total.